The molecule has 0 aromatic heterocycles. The van der Waals surface area contributed by atoms with E-state index in [-0.39, 0.29) is 6.04 Å². The Morgan fingerprint density at radius 1 is 0.618 bits per heavy atom. The molecule has 0 bridgehead atoms. The van der Waals surface area contributed by atoms with Crippen LogP contribution in [0.4, 0.5) is 0 Å². The number of fused-ring (bicyclic) bond motifs is 3. The summed E-state index contributed by atoms with van der Waals surface area (Å²) in [6.07, 6.45) is 2.24. The van der Waals surface area contributed by atoms with Gasteiger partial charge in [0.05, 0.1) is 18.2 Å². The van der Waals surface area contributed by atoms with E-state index in [1.54, 1.807) is 0 Å². The molecule has 6 heteroatoms. The average Bonchev–Trinajstić information content (AvgIpc) is 3.87. The molecule has 2 spiro atoms. The van der Waals surface area contributed by atoms with Gasteiger partial charge in [-0.05, 0) is 68.5 Å². The third kappa shape index (κ3) is 5.44. The number of hydrogen-bond donors (Lipinski definition) is 0. The SMILES string of the molecule is C[C@H](c1ccccc1)N1C/C(=C\c2cccc3ccccc23)[C@@]2(ON=C(c3ccccc3)O2)[C@@]2(C1)ON=C(c1ccccc1)[C@@H]2c1cccc2ccccc12. The van der Waals surface area contributed by atoms with Crippen LogP contribution in [0.1, 0.15) is 46.7 Å². The van der Waals surface area contributed by atoms with Crippen LogP contribution < -0.4 is 0 Å². The second-order valence-electron chi connectivity index (χ2n) is 14.6. The Hall–Kier alpha value is -6.50. The molecule has 7 aromatic rings. The summed E-state index contributed by atoms with van der Waals surface area (Å²) in [7, 11) is 0. The van der Waals surface area contributed by atoms with Crippen LogP contribution in [-0.2, 0) is 14.4 Å². The monoisotopic (exact) mass is 717 g/mol. The standard InChI is InChI=1S/C49H39N3O3/c1-34(35-17-5-2-6-18-35)52-32-41(31-40-27-15-25-36-19-11-13-28-42(36)40)49(53-47(51-55-49)39-23-9-4-10-24-39)48(33-52)45(46(50-54-48)38-21-7-3-8-22-38)44-30-16-26-37-20-12-14-29-43(37)44/h2-31,34,45H,32-33H2,1H3/b41-31+/t34-,45+,48+,49-/m1/s1. The van der Waals surface area contributed by atoms with Crippen LogP contribution in [0, 0.1) is 0 Å². The first-order valence-electron chi connectivity index (χ1n) is 18.9. The van der Waals surface area contributed by atoms with Gasteiger partial charge >= 0.3 is 5.79 Å². The van der Waals surface area contributed by atoms with Crippen LogP contribution in [0.15, 0.2) is 192 Å². The summed E-state index contributed by atoms with van der Waals surface area (Å²) in [5.41, 5.74) is 5.59. The summed E-state index contributed by atoms with van der Waals surface area (Å²) in [6.45, 7) is 3.23. The minimum atomic E-state index is -1.51. The Balaban J connectivity index is 1.25. The number of oxime groups is 2. The van der Waals surface area contributed by atoms with Gasteiger partial charge in [-0.15, -0.1) is 0 Å². The van der Waals surface area contributed by atoms with Crippen molar-refractivity contribution >= 4 is 39.2 Å². The maximum atomic E-state index is 7.33. The molecule has 4 atom stereocenters. The Bertz CT molecular complexity index is 2610. The number of likely N-dealkylation sites (tertiary alicyclic amines) is 1. The van der Waals surface area contributed by atoms with Crippen molar-refractivity contribution in [3.63, 3.8) is 0 Å². The highest BCUT2D eigenvalue weighted by atomic mass is 16.8. The molecule has 0 aliphatic carbocycles. The van der Waals surface area contributed by atoms with Crippen LogP contribution >= 0.6 is 0 Å². The molecule has 0 unspecified atom stereocenters. The first-order chi connectivity index (χ1) is 27.1. The predicted molar refractivity (Wildman–Crippen MR) is 220 cm³/mol. The lowest BCUT2D eigenvalue weighted by Gasteiger charge is -2.52. The van der Waals surface area contributed by atoms with Gasteiger partial charge in [0.1, 0.15) is 0 Å². The molecule has 268 valence electrons. The molecule has 55 heavy (non-hydrogen) atoms. The fourth-order valence-corrected chi connectivity index (χ4v) is 8.79. The number of piperidine rings is 1. The summed E-state index contributed by atoms with van der Waals surface area (Å²) in [5.74, 6) is -1.54. The van der Waals surface area contributed by atoms with Gasteiger partial charge in [-0.3, -0.25) is 4.90 Å². The van der Waals surface area contributed by atoms with Crippen LogP contribution in [0.5, 0.6) is 0 Å². The molecule has 0 amide bonds. The number of nitrogens with zero attached hydrogens (tertiary/aromatic N) is 3. The number of rotatable bonds is 6. The van der Waals surface area contributed by atoms with E-state index in [1.165, 1.54) is 5.56 Å². The summed E-state index contributed by atoms with van der Waals surface area (Å²) in [4.78, 5) is 16.6. The topological polar surface area (TPSA) is 55.7 Å². The van der Waals surface area contributed by atoms with Gasteiger partial charge in [0, 0.05) is 29.3 Å². The maximum absolute atomic E-state index is 7.33. The lowest BCUT2D eigenvalue weighted by molar-refractivity contribution is -0.279. The second-order valence-corrected chi connectivity index (χ2v) is 14.6. The van der Waals surface area contributed by atoms with Gasteiger partial charge in [-0.1, -0.05) is 169 Å². The van der Waals surface area contributed by atoms with Crippen molar-refractivity contribution in [3.05, 3.63) is 209 Å². The van der Waals surface area contributed by atoms with E-state index in [2.05, 4.69) is 157 Å². The van der Waals surface area contributed by atoms with E-state index in [0.717, 1.165) is 55.1 Å². The fourth-order valence-electron chi connectivity index (χ4n) is 8.79. The number of ether oxygens (including phenoxy) is 1. The molecule has 6 nitrogen and oxygen atoms in total. The molecule has 0 saturated carbocycles. The zero-order valence-electron chi connectivity index (χ0n) is 30.5. The van der Waals surface area contributed by atoms with Crippen molar-refractivity contribution in [1.29, 1.82) is 0 Å². The van der Waals surface area contributed by atoms with Crippen molar-refractivity contribution in [2.75, 3.05) is 13.1 Å². The van der Waals surface area contributed by atoms with Crippen molar-refractivity contribution in [1.82, 2.24) is 4.90 Å². The molecular weight excluding hydrogens is 679 g/mol. The van der Waals surface area contributed by atoms with Crippen molar-refractivity contribution in [2.45, 2.75) is 30.3 Å². The maximum Gasteiger partial charge on any atom is 0.346 e. The van der Waals surface area contributed by atoms with E-state index >= 15 is 0 Å². The first kappa shape index (κ1) is 33.1. The number of benzene rings is 7. The Morgan fingerprint density at radius 2 is 1.22 bits per heavy atom. The van der Waals surface area contributed by atoms with Crippen LogP contribution in [0.3, 0.4) is 0 Å². The van der Waals surface area contributed by atoms with Gasteiger partial charge in [0.25, 0.3) is 5.90 Å². The zero-order valence-corrected chi connectivity index (χ0v) is 30.5. The summed E-state index contributed by atoms with van der Waals surface area (Å²) < 4.78 is 7.33. The molecule has 0 radical (unpaired) electrons. The average molecular weight is 718 g/mol. The quantitative estimate of drug-likeness (QED) is 0.172. The lowest BCUT2D eigenvalue weighted by atomic mass is 9.67. The lowest BCUT2D eigenvalue weighted by Crippen LogP contribution is -2.69. The largest absolute Gasteiger partial charge is 0.422 e. The molecule has 3 heterocycles. The van der Waals surface area contributed by atoms with Crippen molar-refractivity contribution < 1.29 is 14.4 Å². The highest BCUT2D eigenvalue weighted by Crippen LogP contribution is 2.57. The van der Waals surface area contributed by atoms with E-state index in [4.69, 9.17) is 24.7 Å². The van der Waals surface area contributed by atoms with Crippen LogP contribution in [0.2, 0.25) is 0 Å². The molecule has 0 N–H and O–H groups in total. The molecule has 7 aromatic carbocycles. The molecule has 10 rings (SSSR count). The molecule has 3 aliphatic rings. The smallest absolute Gasteiger partial charge is 0.346 e. The minimum absolute atomic E-state index is 0.0137. The fraction of sp³-hybridized carbons (Fsp3) is 0.143. The Morgan fingerprint density at radius 3 is 1.96 bits per heavy atom. The van der Waals surface area contributed by atoms with E-state index in [9.17, 15) is 0 Å². The van der Waals surface area contributed by atoms with Crippen LogP contribution in [0.25, 0.3) is 27.6 Å². The Labute approximate surface area is 320 Å². The van der Waals surface area contributed by atoms with Crippen molar-refractivity contribution in [3.8, 4) is 0 Å². The molecule has 1 fully saturated rings. The van der Waals surface area contributed by atoms with Gasteiger partial charge in [0.2, 0.25) is 5.60 Å². The predicted octanol–water partition coefficient (Wildman–Crippen LogP) is 10.5. The second kappa shape index (κ2) is 13.4. The Kier molecular flexibility index (Phi) is 8.07. The van der Waals surface area contributed by atoms with E-state index < -0.39 is 17.3 Å². The van der Waals surface area contributed by atoms with E-state index in [1.807, 2.05) is 36.4 Å². The summed E-state index contributed by atoms with van der Waals surface area (Å²) >= 11 is 0. The van der Waals surface area contributed by atoms with E-state index in [0.29, 0.717) is 19.0 Å². The molecule has 1 saturated heterocycles. The summed E-state index contributed by atoms with van der Waals surface area (Å²) in [6, 6.07) is 60.9. The van der Waals surface area contributed by atoms with Crippen LogP contribution in [-0.4, -0.2) is 41.0 Å². The number of hydrogen-bond acceptors (Lipinski definition) is 6. The summed E-state index contributed by atoms with van der Waals surface area (Å²) in [5, 5.41) is 14.4. The normalized spacial score (nSPS) is 23.4. The van der Waals surface area contributed by atoms with Gasteiger partial charge in [0.15, 0.2) is 0 Å². The third-order valence-corrected chi connectivity index (χ3v) is 11.5. The van der Waals surface area contributed by atoms with Crippen molar-refractivity contribution in [2.24, 2.45) is 10.3 Å². The minimum Gasteiger partial charge on any atom is -0.422 e. The highest BCUT2D eigenvalue weighted by molar-refractivity contribution is 6.09. The molecule has 3 aliphatic heterocycles. The zero-order chi connectivity index (χ0) is 36.8. The third-order valence-electron chi connectivity index (χ3n) is 11.5. The molecular formula is C49H39N3O3. The van der Waals surface area contributed by atoms with Gasteiger partial charge in [-0.2, -0.15) is 0 Å². The first-order valence-corrected chi connectivity index (χ1v) is 18.9. The van der Waals surface area contributed by atoms with Gasteiger partial charge < -0.3 is 14.4 Å². The highest BCUT2D eigenvalue weighted by Gasteiger charge is 2.74. The van der Waals surface area contributed by atoms with Gasteiger partial charge in [-0.25, -0.2) is 0 Å².